The van der Waals surface area contributed by atoms with E-state index in [-0.39, 0.29) is 24.0 Å². The van der Waals surface area contributed by atoms with Crippen LogP contribution >= 0.6 is 0 Å². The lowest BCUT2D eigenvalue weighted by molar-refractivity contribution is -0.166. The number of carbonyl (C=O) groups is 2. The lowest BCUT2D eigenvalue weighted by Gasteiger charge is -2.61. The molecule has 0 saturated heterocycles. The Morgan fingerprint density at radius 2 is 1.64 bits per heavy atom. The largest absolute Gasteiger partial charge is 0.462 e. The Bertz CT molecular complexity index is 868. The average Bonchev–Trinajstić information content (AvgIpc) is 3.23. The number of hydrogen-bond donors (Lipinski definition) is 0. The summed E-state index contributed by atoms with van der Waals surface area (Å²) in [6.07, 6.45) is 13.7. The van der Waals surface area contributed by atoms with Gasteiger partial charge in [0.15, 0.2) is 0 Å². The third kappa shape index (κ3) is 6.24. The van der Waals surface area contributed by atoms with Gasteiger partial charge >= 0.3 is 11.9 Å². The molecule has 4 aliphatic rings. The van der Waals surface area contributed by atoms with Crippen LogP contribution in [0.25, 0.3) is 0 Å². The van der Waals surface area contributed by atoms with Gasteiger partial charge in [0.25, 0.3) is 0 Å². The van der Waals surface area contributed by atoms with E-state index in [2.05, 4.69) is 27.7 Å². The van der Waals surface area contributed by atoms with Crippen LogP contribution in [0.5, 0.6) is 0 Å². The van der Waals surface area contributed by atoms with E-state index in [0.29, 0.717) is 41.6 Å². The molecule has 0 radical (unpaired) electrons. The molecule has 0 amide bonds. The summed E-state index contributed by atoms with van der Waals surface area (Å²) >= 11 is 0. The fourth-order valence-corrected chi connectivity index (χ4v) is 10.0. The summed E-state index contributed by atoms with van der Waals surface area (Å²) in [4.78, 5) is 25.1. The molecule has 0 bridgehead atoms. The van der Waals surface area contributed by atoms with Gasteiger partial charge in [-0.3, -0.25) is 9.59 Å². The lowest BCUT2D eigenvalue weighted by atomic mass is 9.44. The molecule has 0 aromatic heterocycles. The summed E-state index contributed by atoms with van der Waals surface area (Å²) in [7, 11) is 1.65. The van der Waals surface area contributed by atoms with Crippen molar-refractivity contribution in [3.05, 3.63) is 0 Å². The molecule has 0 spiro atoms. The summed E-state index contributed by atoms with van der Waals surface area (Å²) in [5, 5.41) is 0. The molecule has 0 aromatic rings. The molecule has 224 valence electrons. The molecule has 4 fully saturated rings. The number of ether oxygens (including phenoxy) is 3. The number of rotatable bonds is 10. The van der Waals surface area contributed by atoms with Gasteiger partial charge in [-0.1, -0.05) is 34.6 Å². The first kappa shape index (κ1) is 30.8. The Kier molecular flexibility index (Phi) is 9.51. The third-order valence-corrected chi connectivity index (χ3v) is 12.4. The predicted molar refractivity (Wildman–Crippen MR) is 155 cm³/mol. The van der Waals surface area contributed by atoms with Crippen molar-refractivity contribution in [3.8, 4) is 0 Å². The highest BCUT2D eigenvalue weighted by atomic mass is 16.6. The van der Waals surface area contributed by atoms with Gasteiger partial charge in [-0.25, -0.2) is 0 Å². The van der Waals surface area contributed by atoms with Gasteiger partial charge in [-0.15, -0.1) is 0 Å². The van der Waals surface area contributed by atoms with Crippen molar-refractivity contribution in [1.29, 1.82) is 0 Å². The van der Waals surface area contributed by atoms with E-state index in [1.165, 1.54) is 44.9 Å². The van der Waals surface area contributed by atoms with Gasteiger partial charge < -0.3 is 14.2 Å². The summed E-state index contributed by atoms with van der Waals surface area (Å²) in [5.74, 6) is 4.31. The summed E-state index contributed by atoms with van der Waals surface area (Å²) in [6, 6.07) is 0. The van der Waals surface area contributed by atoms with E-state index in [1.807, 2.05) is 20.8 Å². The quantitative estimate of drug-likeness (QED) is 0.260. The zero-order valence-electron chi connectivity index (χ0n) is 26.4. The Labute approximate surface area is 238 Å². The van der Waals surface area contributed by atoms with Crippen molar-refractivity contribution in [2.75, 3.05) is 13.7 Å². The molecule has 0 aromatic carbocycles. The minimum absolute atomic E-state index is 0.00582. The number of methoxy groups -OCH3 is 1. The second-order valence-electron chi connectivity index (χ2n) is 15.2. The Balaban J connectivity index is 1.35. The van der Waals surface area contributed by atoms with Gasteiger partial charge in [-0.2, -0.15) is 0 Å². The van der Waals surface area contributed by atoms with E-state index in [9.17, 15) is 9.59 Å². The molecular formula is C34H58O5. The van der Waals surface area contributed by atoms with E-state index in [4.69, 9.17) is 14.2 Å². The first-order valence-electron chi connectivity index (χ1n) is 16.3. The fraction of sp³-hybridized carbons (Fsp3) is 0.941. The Morgan fingerprint density at radius 3 is 2.33 bits per heavy atom. The maximum Gasteiger partial charge on any atom is 0.308 e. The van der Waals surface area contributed by atoms with Gasteiger partial charge in [-0.05, 0) is 131 Å². The number of hydrogen-bond acceptors (Lipinski definition) is 5. The lowest BCUT2D eigenvalue weighted by Crippen LogP contribution is -2.54. The van der Waals surface area contributed by atoms with E-state index < -0.39 is 5.60 Å². The molecule has 5 nitrogen and oxygen atoms in total. The van der Waals surface area contributed by atoms with E-state index >= 15 is 0 Å². The van der Waals surface area contributed by atoms with Gasteiger partial charge in [0.1, 0.15) is 11.7 Å². The first-order valence-corrected chi connectivity index (χ1v) is 16.3. The number of carbonyl (C=O) groups excluding carboxylic acids is 2. The maximum atomic E-state index is 12.6. The summed E-state index contributed by atoms with van der Waals surface area (Å²) in [6.45, 7) is 15.9. The minimum atomic E-state index is -0.568. The molecule has 39 heavy (non-hydrogen) atoms. The molecular weight excluding hydrogens is 488 g/mol. The zero-order valence-corrected chi connectivity index (χ0v) is 26.4. The summed E-state index contributed by atoms with van der Waals surface area (Å²) < 4.78 is 16.9. The summed E-state index contributed by atoms with van der Waals surface area (Å²) in [5.41, 5.74) is 0.222. The maximum absolute atomic E-state index is 12.6. The second kappa shape index (κ2) is 12.0. The predicted octanol–water partition coefficient (Wildman–Crippen LogP) is 7.99. The molecule has 4 saturated carbocycles. The average molecular weight is 547 g/mol. The van der Waals surface area contributed by atoms with Crippen molar-refractivity contribution in [3.63, 3.8) is 0 Å². The fourth-order valence-electron chi connectivity index (χ4n) is 10.0. The van der Waals surface area contributed by atoms with Crippen molar-refractivity contribution in [1.82, 2.24) is 0 Å². The molecule has 0 N–H and O–H groups in total. The van der Waals surface area contributed by atoms with Crippen LogP contribution < -0.4 is 0 Å². The van der Waals surface area contributed by atoms with Gasteiger partial charge in [0.05, 0.1) is 12.5 Å². The molecule has 10 atom stereocenters. The van der Waals surface area contributed by atoms with Crippen LogP contribution in [0.2, 0.25) is 0 Å². The SMILES string of the molecule is CCC(C)C(=O)OC1CCC2(C)C(CCC3C2CCC2(C)C(C(C)CCC(=O)OC(C)(C)COC)CCC32)C1. The van der Waals surface area contributed by atoms with E-state index in [1.54, 1.807) is 7.11 Å². The van der Waals surface area contributed by atoms with Crippen LogP contribution in [0.4, 0.5) is 0 Å². The molecule has 0 aliphatic heterocycles. The molecule has 5 heteroatoms. The van der Waals surface area contributed by atoms with Crippen LogP contribution in [0.15, 0.2) is 0 Å². The monoisotopic (exact) mass is 546 g/mol. The topological polar surface area (TPSA) is 61.8 Å². The molecule has 4 rings (SSSR count). The highest BCUT2D eigenvalue weighted by Gasteiger charge is 2.60. The molecule has 10 unspecified atom stereocenters. The van der Waals surface area contributed by atoms with Gasteiger partial charge in [0.2, 0.25) is 0 Å². The van der Waals surface area contributed by atoms with Crippen molar-refractivity contribution >= 4 is 11.9 Å². The molecule has 4 aliphatic carbocycles. The highest BCUT2D eigenvalue weighted by molar-refractivity contribution is 5.72. The standard InChI is InChI=1S/C34H58O5/c1-9-22(2)31(36)38-25-16-18-33(6)24(20-25)11-12-26-28-14-13-27(34(28,7)19-17-29(26)33)23(3)10-15-30(35)39-32(4,5)21-37-8/h22-29H,9-21H2,1-8H3. The van der Waals surface area contributed by atoms with Crippen LogP contribution in [0, 0.1) is 52.3 Å². The van der Waals surface area contributed by atoms with Crippen molar-refractivity contribution in [2.24, 2.45) is 52.3 Å². The van der Waals surface area contributed by atoms with Crippen molar-refractivity contribution < 1.29 is 23.8 Å². The smallest absolute Gasteiger partial charge is 0.308 e. The second-order valence-corrected chi connectivity index (χ2v) is 15.2. The normalized spacial score (nSPS) is 39.6. The molecule has 0 heterocycles. The van der Waals surface area contributed by atoms with Crippen molar-refractivity contribution in [2.45, 2.75) is 137 Å². The zero-order chi connectivity index (χ0) is 28.6. The third-order valence-electron chi connectivity index (χ3n) is 12.4. The first-order chi connectivity index (χ1) is 18.3. The minimum Gasteiger partial charge on any atom is -0.462 e. The van der Waals surface area contributed by atoms with Crippen LogP contribution in [0.1, 0.15) is 126 Å². The Morgan fingerprint density at radius 1 is 0.949 bits per heavy atom. The highest BCUT2D eigenvalue weighted by Crippen LogP contribution is 2.68. The number of fused-ring (bicyclic) bond motifs is 5. The van der Waals surface area contributed by atoms with Crippen LogP contribution in [0.3, 0.4) is 0 Å². The van der Waals surface area contributed by atoms with Crippen LogP contribution in [-0.4, -0.2) is 37.4 Å². The van der Waals surface area contributed by atoms with Crippen LogP contribution in [-0.2, 0) is 23.8 Å². The number of esters is 2. The Hall–Kier alpha value is -1.10. The van der Waals surface area contributed by atoms with Gasteiger partial charge in [0, 0.05) is 13.5 Å². The van der Waals surface area contributed by atoms with E-state index in [0.717, 1.165) is 43.4 Å².